The van der Waals surface area contributed by atoms with Gasteiger partial charge in [0.25, 0.3) is 5.56 Å². The van der Waals surface area contributed by atoms with E-state index in [4.69, 9.17) is 14.2 Å². The van der Waals surface area contributed by atoms with Gasteiger partial charge >= 0.3 is 5.69 Å². The highest BCUT2D eigenvalue weighted by atomic mass is 16.7. The lowest BCUT2D eigenvalue weighted by Crippen LogP contribution is -2.46. The Hall–Kier alpha value is -1.44. The van der Waals surface area contributed by atoms with Crippen LogP contribution in [0, 0.1) is 0 Å². The van der Waals surface area contributed by atoms with Gasteiger partial charge in [-0.15, -0.1) is 0 Å². The highest BCUT2D eigenvalue weighted by molar-refractivity contribution is 4.90. The van der Waals surface area contributed by atoms with Crippen LogP contribution in [0.4, 0.5) is 0 Å². The normalized spacial score (nSPS) is 33.1. The van der Waals surface area contributed by atoms with E-state index in [0.29, 0.717) is 13.0 Å². The topological polar surface area (TPSA) is 82.5 Å². The van der Waals surface area contributed by atoms with Crippen molar-refractivity contribution in [3.05, 3.63) is 33.1 Å². The summed E-state index contributed by atoms with van der Waals surface area (Å²) in [5, 5.41) is 0. The van der Waals surface area contributed by atoms with Crippen molar-refractivity contribution in [1.29, 1.82) is 0 Å². The Morgan fingerprint density at radius 3 is 2.89 bits per heavy atom. The minimum Gasteiger partial charge on any atom is -0.349 e. The summed E-state index contributed by atoms with van der Waals surface area (Å²) in [5.41, 5.74) is -0.895. The highest BCUT2D eigenvalue weighted by Crippen LogP contribution is 2.36. The van der Waals surface area contributed by atoms with Crippen molar-refractivity contribution in [1.82, 2.24) is 9.55 Å². The fourth-order valence-electron chi connectivity index (χ4n) is 2.48. The van der Waals surface area contributed by atoms with Crippen LogP contribution in [0.15, 0.2) is 21.9 Å². The molecule has 0 saturated carbocycles. The molecule has 3 rings (SSSR count). The SMILES string of the molecule is CC1(C)OC[C@H]2O[C@@H](n3ccc(=O)[nH]c3=O)C[C@H]2O1. The van der Waals surface area contributed by atoms with E-state index in [1.54, 1.807) is 0 Å². The summed E-state index contributed by atoms with van der Waals surface area (Å²) in [5.74, 6) is -0.630. The average molecular weight is 268 g/mol. The Balaban J connectivity index is 1.82. The lowest BCUT2D eigenvalue weighted by atomic mass is 10.1. The van der Waals surface area contributed by atoms with Gasteiger partial charge in [-0.3, -0.25) is 14.3 Å². The minimum absolute atomic E-state index is 0.104. The van der Waals surface area contributed by atoms with Gasteiger partial charge in [-0.05, 0) is 13.8 Å². The average Bonchev–Trinajstić information content (AvgIpc) is 2.69. The zero-order valence-corrected chi connectivity index (χ0v) is 10.8. The molecule has 104 valence electrons. The second-order valence-electron chi connectivity index (χ2n) is 5.25. The molecule has 7 nitrogen and oxygen atoms in total. The lowest BCUT2D eigenvalue weighted by molar-refractivity contribution is -0.293. The van der Waals surface area contributed by atoms with E-state index in [0.717, 1.165) is 0 Å². The summed E-state index contributed by atoms with van der Waals surface area (Å²) in [4.78, 5) is 25.0. The predicted octanol–water partition coefficient (Wildman–Crippen LogP) is -0.0244. The number of nitrogens with zero attached hydrogens (tertiary/aromatic N) is 1. The third-order valence-corrected chi connectivity index (χ3v) is 3.37. The number of H-pyrrole nitrogens is 1. The molecule has 0 radical (unpaired) electrons. The molecule has 0 aliphatic carbocycles. The lowest BCUT2D eigenvalue weighted by Gasteiger charge is -2.36. The molecule has 2 saturated heterocycles. The van der Waals surface area contributed by atoms with Gasteiger partial charge in [-0.25, -0.2) is 4.79 Å². The third-order valence-electron chi connectivity index (χ3n) is 3.37. The first kappa shape index (κ1) is 12.6. The van der Waals surface area contributed by atoms with E-state index in [1.807, 2.05) is 13.8 Å². The largest absolute Gasteiger partial charge is 0.349 e. The molecule has 3 heterocycles. The number of nitrogens with one attached hydrogen (secondary N) is 1. The van der Waals surface area contributed by atoms with Crippen molar-refractivity contribution in [2.24, 2.45) is 0 Å². The molecule has 7 heteroatoms. The van der Waals surface area contributed by atoms with Crippen molar-refractivity contribution >= 4 is 0 Å². The van der Waals surface area contributed by atoms with Crippen molar-refractivity contribution in [2.45, 2.75) is 44.5 Å². The first-order valence-corrected chi connectivity index (χ1v) is 6.23. The molecule has 0 bridgehead atoms. The van der Waals surface area contributed by atoms with Gasteiger partial charge in [0.2, 0.25) is 0 Å². The molecule has 1 N–H and O–H groups in total. The van der Waals surface area contributed by atoms with Gasteiger partial charge in [0, 0.05) is 18.7 Å². The molecule has 0 unspecified atom stereocenters. The zero-order chi connectivity index (χ0) is 13.6. The molecule has 2 aliphatic rings. The number of aromatic nitrogens is 2. The van der Waals surface area contributed by atoms with Crippen molar-refractivity contribution in [3.63, 3.8) is 0 Å². The predicted molar refractivity (Wildman–Crippen MR) is 64.8 cm³/mol. The standard InChI is InChI=1S/C12H16N2O5/c1-12(2)17-6-8-7(19-12)5-10(18-8)14-4-3-9(15)13-11(14)16/h3-4,7-8,10H,5-6H2,1-2H3,(H,13,15,16)/t7-,8-,10-/m1/s1. The zero-order valence-electron chi connectivity index (χ0n) is 10.8. The number of rotatable bonds is 1. The van der Waals surface area contributed by atoms with Gasteiger partial charge in [-0.1, -0.05) is 0 Å². The minimum atomic E-state index is -0.630. The van der Waals surface area contributed by atoms with Gasteiger partial charge in [-0.2, -0.15) is 0 Å². The van der Waals surface area contributed by atoms with Gasteiger partial charge < -0.3 is 14.2 Å². The molecule has 2 fully saturated rings. The van der Waals surface area contributed by atoms with Crippen LogP contribution in [-0.2, 0) is 14.2 Å². The van der Waals surface area contributed by atoms with Crippen LogP contribution in [0.5, 0.6) is 0 Å². The third kappa shape index (κ3) is 2.36. The van der Waals surface area contributed by atoms with Crippen molar-refractivity contribution in [2.75, 3.05) is 6.61 Å². The van der Waals surface area contributed by atoms with E-state index in [-0.39, 0.29) is 12.2 Å². The second-order valence-corrected chi connectivity index (χ2v) is 5.25. The molecule has 0 aromatic carbocycles. The van der Waals surface area contributed by atoms with Crippen LogP contribution in [0.1, 0.15) is 26.5 Å². The molecular formula is C12H16N2O5. The number of hydrogen-bond donors (Lipinski definition) is 1. The Labute approximate surface area is 109 Å². The summed E-state index contributed by atoms with van der Waals surface area (Å²) in [7, 11) is 0. The maximum atomic E-state index is 11.7. The van der Waals surface area contributed by atoms with Gasteiger partial charge in [0.05, 0.1) is 12.7 Å². The molecule has 1 aromatic rings. The van der Waals surface area contributed by atoms with E-state index < -0.39 is 23.3 Å². The van der Waals surface area contributed by atoms with E-state index in [9.17, 15) is 9.59 Å². The van der Waals surface area contributed by atoms with Crippen LogP contribution in [-0.4, -0.2) is 34.2 Å². The Morgan fingerprint density at radius 1 is 1.37 bits per heavy atom. The van der Waals surface area contributed by atoms with Crippen LogP contribution < -0.4 is 11.2 Å². The van der Waals surface area contributed by atoms with Gasteiger partial charge in [0.15, 0.2) is 5.79 Å². The molecular weight excluding hydrogens is 252 g/mol. The number of fused-ring (bicyclic) bond motifs is 1. The fraction of sp³-hybridized carbons (Fsp3) is 0.667. The Kier molecular flexibility index (Phi) is 2.84. The number of ether oxygens (including phenoxy) is 3. The summed E-state index contributed by atoms with van der Waals surface area (Å²) in [6, 6.07) is 1.30. The summed E-state index contributed by atoms with van der Waals surface area (Å²) >= 11 is 0. The molecule has 19 heavy (non-hydrogen) atoms. The quantitative estimate of drug-likeness (QED) is 0.773. The molecule has 0 spiro atoms. The first-order chi connectivity index (χ1) is 8.94. The van der Waals surface area contributed by atoms with Crippen LogP contribution in [0.2, 0.25) is 0 Å². The molecule has 1 aromatic heterocycles. The Bertz CT molecular complexity index is 590. The van der Waals surface area contributed by atoms with Crippen molar-refractivity contribution in [3.8, 4) is 0 Å². The monoisotopic (exact) mass is 268 g/mol. The highest BCUT2D eigenvalue weighted by Gasteiger charge is 2.44. The summed E-state index contributed by atoms with van der Waals surface area (Å²) in [6.45, 7) is 4.14. The number of aromatic amines is 1. The molecule has 0 amide bonds. The molecule has 3 atom stereocenters. The summed E-state index contributed by atoms with van der Waals surface area (Å²) in [6.07, 6.45) is 1.28. The van der Waals surface area contributed by atoms with Crippen LogP contribution in [0.3, 0.4) is 0 Å². The smallest absolute Gasteiger partial charge is 0.330 e. The second kappa shape index (κ2) is 4.29. The summed E-state index contributed by atoms with van der Waals surface area (Å²) < 4.78 is 18.4. The van der Waals surface area contributed by atoms with Crippen LogP contribution >= 0.6 is 0 Å². The van der Waals surface area contributed by atoms with Gasteiger partial charge in [0.1, 0.15) is 12.3 Å². The van der Waals surface area contributed by atoms with Crippen LogP contribution in [0.25, 0.3) is 0 Å². The van der Waals surface area contributed by atoms with Crippen molar-refractivity contribution < 1.29 is 14.2 Å². The maximum Gasteiger partial charge on any atom is 0.330 e. The molecule has 2 aliphatic heterocycles. The van der Waals surface area contributed by atoms with E-state index >= 15 is 0 Å². The van der Waals surface area contributed by atoms with E-state index in [1.165, 1.54) is 16.8 Å². The first-order valence-electron chi connectivity index (χ1n) is 6.23. The Morgan fingerprint density at radius 2 is 2.16 bits per heavy atom. The fourth-order valence-corrected chi connectivity index (χ4v) is 2.48. The number of hydrogen-bond acceptors (Lipinski definition) is 5. The maximum absolute atomic E-state index is 11.7. The van der Waals surface area contributed by atoms with E-state index in [2.05, 4.69) is 4.98 Å².